The number of amides is 1. The number of benzene rings is 1. The van der Waals surface area contributed by atoms with Gasteiger partial charge in [0.1, 0.15) is 0 Å². The standard InChI is InChI=1S/C15H22N2O2/c1-14(2,3)15(12-7-5-4-6-8-12)11-16-9-10-17(15)13(18)19/h4-8,16H,9-11H2,1-3H3,(H,18,19). The molecule has 0 aliphatic carbocycles. The topological polar surface area (TPSA) is 52.6 Å². The van der Waals surface area contributed by atoms with Gasteiger partial charge in [0.15, 0.2) is 0 Å². The molecule has 0 bridgehead atoms. The zero-order chi connectivity index (χ0) is 14.1. The van der Waals surface area contributed by atoms with E-state index in [2.05, 4.69) is 26.1 Å². The van der Waals surface area contributed by atoms with Crippen LogP contribution >= 0.6 is 0 Å². The molecule has 0 radical (unpaired) electrons. The number of hydrogen-bond donors (Lipinski definition) is 2. The molecule has 1 aliphatic heterocycles. The van der Waals surface area contributed by atoms with Gasteiger partial charge in [-0.15, -0.1) is 0 Å². The lowest BCUT2D eigenvalue weighted by molar-refractivity contribution is -0.0183. The smallest absolute Gasteiger partial charge is 0.408 e. The molecule has 1 aromatic carbocycles. The van der Waals surface area contributed by atoms with Gasteiger partial charge in [-0.05, 0) is 11.0 Å². The maximum atomic E-state index is 11.7. The van der Waals surface area contributed by atoms with Crippen molar-refractivity contribution in [3.63, 3.8) is 0 Å². The van der Waals surface area contributed by atoms with Gasteiger partial charge in [0.25, 0.3) is 0 Å². The third kappa shape index (κ3) is 2.21. The molecule has 1 heterocycles. The highest BCUT2D eigenvalue weighted by molar-refractivity contribution is 5.67. The number of rotatable bonds is 1. The number of piperazine rings is 1. The average molecular weight is 262 g/mol. The number of nitrogens with one attached hydrogen (secondary N) is 1. The molecule has 4 heteroatoms. The number of carbonyl (C=O) groups is 1. The Morgan fingerprint density at radius 3 is 2.47 bits per heavy atom. The van der Waals surface area contributed by atoms with E-state index in [9.17, 15) is 9.90 Å². The van der Waals surface area contributed by atoms with Gasteiger partial charge in [-0.25, -0.2) is 4.79 Å². The maximum absolute atomic E-state index is 11.7. The predicted octanol–water partition coefficient (Wildman–Crippen LogP) is 2.51. The molecule has 1 unspecified atom stereocenters. The van der Waals surface area contributed by atoms with Crippen LogP contribution < -0.4 is 5.32 Å². The van der Waals surface area contributed by atoms with Crippen LogP contribution in [0.5, 0.6) is 0 Å². The van der Waals surface area contributed by atoms with Crippen LogP contribution in [-0.4, -0.2) is 35.7 Å². The first-order valence-corrected chi connectivity index (χ1v) is 6.66. The van der Waals surface area contributed by atoms with E-state index in [1.165, 1.54) is 0 Å². The van der Waals surface area contributed by atoms with Gasteiger partial charge in [-0.1, -0.05) is 51.1 Å². The summed E-state index contributed by atoms with van der Waals surface area (Å²) in [6.45, 7) is 8.17. The van der Waals surface area contributed by atoms with Gasteiger partial charge in [-0.3, -0.25) is 4.90 Å². The molecule has 1 saturated heterocycles. The Bertz CT molecular complexity index is 453. The zero-order valence-electron chi connectivity index (χ0n) is 11.8. The number of hydrogen-bond acceptors (Lipinski definition) is 2. The largest absolute Gasteiger partial charge is 0.465 e. The SMILES string of the molecule is CC(C)(C)C1(c2ccccc2)CNCCN1C(=O)O. The summed E-state index contributed by atoms with van der Waals surface area (Å²) >= 11 is 0. The Morgan fingerprint density at radius 2 is 1.95 bits per heavy atom. The summed E-state index contributed by atoms with van der Waals surface area (Å²) in [5.74, 6) is 0. The van der Waals surface area contributed by atoms with Gasteiger partial charge in [-0.2, -0.15) is 0 Å². The summed E-state index contributed by atoms with van der Waals surface area (Å²) < 4.78 is 0. The van der Waals surface area contributed by atoms with Crippen LogP contribution in [0, 0.1) is 5.41 Å². The maximum Gasteiger partial charge on any atom is 0.408 e. The van der Waals surface area contributed by atoms with Crippen LogP contribution in [0.1, 0.15) is 26.3 Å². The molecule has 2 N–H and O–H groups in total. The van der Waals surface area contributed by atoms with Crippen LogP contribution in [0.25, 0.3) is 0 Å². The van der Waals surface area contributed by atoms with E-state index >= 15 is 0 Å². The molecule has 1 fully saturated rings. The van der Waals surface area contributed by atoms with Gasteiger partial charge in [0, 0.05) is 19.6 Å². The minimum Gasteiger partial charge on any atom is -0.465 e. The van der Waals surface area contributed by atoms with Gasteiger partial charge in [0.05, 0.1) is 5.54 Å². The van der Waals surface area contributed by atoms with E-state index in [-0.39, 0.29) is 5.41 Å². The summed E-state index contributed by atoms with van der Waals surface area (Å²) in [6.07, 6.45) is -0.847. The van der Waals surface area contributed by atoms with E-state index in [0.717, 1.165) is 5.56 Å². The molecule has 0 saturated carbocycles. The molecule has 1 aromatic rings. The Morgan fingerprint density at radius 1 is 1.32 bits per heavy atom. The average Bonchev–Trinajstić information content (AvgIpc) is 2.38. The third-order valence-electron chi connectivity index (χ3n) is 4.08. The summed E-state index contributed by atoms with van der Waals surface area (Å²) in [5.41, 5.74) is 0.329. The van der Waals surface area contributed by atoms with Crippen molar-refractivity contribution in [2.45, 2.75) is 26.3 Å². The van der Waals surface area contributed by atoms with Crippen molar-refractivity contribution in [2.24, 2.45) is 5.41 Å². The number of carboxylic acid groups (broad SMARTS) is 1. The molecular formula is C15H22N2O2. The number of nitrogens with zero attached hydrogens (tertiary/aromatic N) is 1. The van der Waals surface area contributed by atoms with Gasteiger partial charge < -0.3 is 10.4 Å². The third-order valence-corrected chi connectivity index (χ3v) is 4.08. The minimum absolute atomic E-state index is 0.194. The van der Waals surface area contributed by atoms with Crippen molar-refractivity contribution in [2.75, 3.05) is 19.6 Å². The molecule has 0 aromatic heterocycles. The van der Waals surface area contributed by atoms with Crippen molar-refractivity contribution in [1.82, 2.24) is 10.2 Å². The molecule has 104 valence electrons. The van der Waals surface area contributed by atoms with Crippen LogP contribution in [-0.2, 0) is 5.54 Å². The van der Waals surface area contributed by atoms with E-state index < -0.39 is 11.6 Å². The normalized spacial score (nSPS) is 24.3. The fourth-order valence-corrected chi connectivity index (χ4v) is 3.08. The molecule has 1 aliphatic rings. The molecule has 1 amide bonds. The zero-order valence-corrected chi connectivity index (χ0v) is 11.8. The Kier molecular flexibility index (Phi) is 3.54. The van der Waals surface area contributed by atoms with Crippen molar-refractivity contribution < 1.29 is 9.90 Å². The van der Waals surface area contributed by atoms with Crippen LogP contribution in [0.3, 0.4) is 0 Å². The Labute approximate surface area is 114 Å². The first-order chi connectivity index (χ1) is 8.89. The molecular weight excluding hydrogens is 240 g/mol. The second kappa shape index (κ2) is 4.85. The lowest BCUT2D eigenvalue weighted by Crippen LogP contribution is -2.66. The van der Waals surface area contributed by atoms with Crippen LogP contribution in [0.2, 0.25) is 0 Å². The quantitative estimate of drug-likeness (QED) is 0.817. The lowest BCUT2D eigenvalue weighted by Gasteiger charge is -2.54. The fourth-order valence-electron chi connectivity index (χ4n) is 3.08. The predicted molar refractivity (Wildman–Crippen MR) is 75.2 cm³/mol. The molecule has 4 nitrogen and oxygen atoms in total. The van der Waals surface area contributed by atoms with E-state index in [1.54, 1.807) is 4.90 Å². The highest BCUT2D eigenvalue weighted by atomic mass is 16.4. The Hall–Kier alpha value is -1.55. The molecule has 2 rings (SSSR count). The minimum atomic E-state index is -0.847. The van der Waals surface area contributed by atoms with Crippen molar-refractivity contribution in [3.05, 3.63) is 35.9 Å². The molecule has 0 spiro atoms. The van der Waals surface area contributed by atoms with Gasteiger partial charge in [0.2, 0.25) is 0 Å². The fraction of sp³-hybridized carbons (Fsp3) is 0.533. The summed E-state index contributed by atoms with van der Waals surface area (Å²) in [5, 5.41) is 13.0. The van der Waals surface area contributed by atoms with E-state index in [1.807, 2.05) is 30.3 Å². The first-order valence-electron chi connectivity index (χ1n) is 6.66. The van der Waals surface area contributed by atoms with Crippen molar-refractivity contribution in [1.29, 1.82) is 0 Å². The van der Waals surface area contributed by atoms with Crippen LogP contribution in [0.15, 0.2) is 30.3 Å². The Balaban J connectivity index is 2.60. The van der Waals surface area contributed by atoms with E-state index in [0.29, 0.717) is 19.6 Å². The second-order valence-corrected chi connectivity index (χ2v) is 6.09. The second-order valence-electron chi connectivity index (χ2n) is 6.09. The summed E-state index contributed by atoms with van der Waals surface area (Å²) in [7, 11) is 0. The summed E-state index contributed by atoms with van der Waals surface area (Å²) in [6, 6.07) is 9.94. The lowest BCUT2D eigenvalue weighted by atomic mass is 9.67. The van der Waals surface area contributed by atoms with Crippen molar-refractivity contribution >= 4 is 6.09 Å². The van der Waals surface area contributed by atoms with Crippen molar-refractivity contribution in [3.8, 4) is 0 Å². The monoisotopic (exact) mass is 262 g/mol. The molecule has 19 heavy (non-hydrogen) atoms. The highest BCUT2D eigenvalue weighted by Crippen LogP contribution is 2.45. The summed E-state index contributed by atoms with van der Waals surface area (Å²) in [4.78, 5) is 13.3. The highest BCUT2D eigenvalue weighted by Gasteiger charge is 2.51. The van der Waals surface area contributed by atoms with E-state index in [4.69, 9.17) is 0 Å². The first kappa shape index (κ1) is 13.9. The van der Waals surface area contributed by atoms with Gasteiger partial charge >= 0.3 is 6.09 Å². The molecule has 1 atom stereocenters. The van der Waals surface area contributed by atoms with Crippen LogP contribution in [0.4, 0.5) is 4.79 Å².